The Morgan fingerprint density at radius 2 is 1.58 bits per heavy atom. The highest BCUT2D eigenvalue weighted by Crippen LogP contribution is 2.20. The number of ketones is 1. The predicted molar refractivity (Wildman–Crippen MR) is 160 cm³/mol. The van der Waals surface area contributed by atoms with Gasteiger partial charge in [0.2, 0.25) is 23.5 Å². The molecule has 232 valence electrons. The summed E-state index contributed by atoms with van der Waals surface area (Å²) in [7, 11) is 0. The summed E-state index contributed by atoms with van der Waals surface area (Å²) in [6, 6.07) is 10.3. The third kappa shape index (κ3) is 8.76. The Hall–Kier alpha value is -4.48. The number of nitrogens with two attached hydrogens (primary N) is 1. The molecule has 1 heterocycles. The maximum Gasteiger partial charge on any atom is 0.405 e. The summed E-state index contributed by atoms with van der Waals surface area (Å²) in [5.41, 5.74) is 6.40. The van der Waals surface area contributed by atoms with Gasteiger partial charge in [0.1, 0.15) is 12.1 Å². The zero-order valence-electron chi connectivity index (χ0n) is 25.0. The van der Waals surface area contributed by atoms with Gasteiger partial charge in [0.05, 0.1) is 12.0 Å². The van der Waals surface area contributed by atoms with E-state index in [9.17, 15) is 28.8 Å². The summed E-state index contributed by atoms with van der Waals surface area (Å²) in [5, 5.41) is 18.6. The number of benzene rings is 2. The first-order valence-corrected chi connectivity index (χ1v) is 14.5. The predicted octanol–water partition coefficient (Wildman–Crippen LogP) is 1.59. The second kappa shape index (κ2) is 14.6. The van der Waals surface area contributed by atoms with Gasteiger partial charge in [-0.2, -0.15) is 0 Å². The lowest BCUT2D eigenvalue weighted by Gasteiger charge is -2.39. The van der Waals surface area contributed by atoms with Crippen LogP contribution in [0.5, 0.6) is 0 Å². The van der Waals surface area contributed by atoms with Crippen molar-refractivity contribution >= 4 is 46.3 Å². The van der Waals surface area contributed by atoms with Crippen LogP contribution < -0.4 is 21.7 Å². The minimum Gasteiger partial charge on any atom is -0.465 e. The van der Waals surface area contributed by atoms with Crippen LogP contribution >= 0.6 is 0 Å². The first-order chi connectivity index (χ1) is 20.3. The molecule has 0 bridgehead atoms. The highest BCUT2D eigenvalue weighted by molar-refractivity contribution is 6.38. The van der Waals surface area contributed by atoms with Crippen molar-refractivity contribution in [1.82, 2.24) is 20.9 Å². The van der Waals surface area contributed by atoms with Crippen LogP contribution in [0.4, 0.5) is 4.79 Å². The van der Waals surface area contributed by atoms with Crippen LogP contribution in [-0.4, -0.2) is 76.7 Å². The number of carbonyl (C=O) groups is 6. The van der Waals surface area contributed by atoms with Crippen LogP contribution in [0.3, 0.4) is 0 Å². The number of nitrogens with zero attached hydrogens (tertiary/aromatic N) is 1. The molecule has 0 radical (unpaired) electrons. The largest absolute Gasteiger partial charge is 0.465 e. The van der Waals surface area contributed by atoms with Gasteiger partial charge in [-0.05, 0) is 34.6 Å². The van der Waals surface area contributed by atoms with Gasteiger partial charge in [-0.25, -0.2) is 4.79 Å². The molecule has 12 heteroatoms. The van der Waals surface area contributed by atoms with E-state index in [0.29, 0.717) is 6.42 Å². The smallest absolute Gasteiger partial charge is 0.405 e. The molecular weight excluding hydrogens is 554 g/mol. The van der Waals surface area contributed by atoms with Gasteiger partial charge in [-0.15, -0.1) is 0 Å². The van der Waals surface area contributed by atoms with Gasteiger partial charge in [0, 0.05) is 19.5 Å². The van der Waals surface area contributed by atoms with E-state index in [2.05, 4.69) is 16.0 Å². The molecule has 2 aromatic rings. The minimum atomic E-state index is -1.37. The number of rotatable bonds is 14. The van der Waals surface area contributed by atoms with Gasteiger partial charge >= 0.3 is 6.09 Å². The van der Waals surface area contributed by atoms with E-state index in [-0.39, 0.29) is 31.8 Å². The van der Waals surface area contributed by atoms with Gasteiger partial charge in [0.15, 0.2) is 0 Å². The Labute approximate surface area is 250 Å². The van der Waals surface area contributed by atoms with E-state index in [1.807, 2.05) is 56.3 Å². The molecule has 43 heavy (non-hydrogen) atoms. The first kappa shape index (κ1) is 33.0. The van der Waals surface area contributed by atoms with E-state index >= 15 is 0 Å². The first-order valence-electron chi connectivity index (χ1n) is 14.5. The van der Waals surface area contributed by atoms with Crippen LogP contribution in [0.2, 0.25) is 0 Å². The summed E-state index contributed by atoms with van der Waals surface area (Å²) >= 11 is 0. The molecule has 1 fully saturated rings. The molecule has 2 unspecified atom stereocenters. The molecule has 1 aliphatic heterocycles. The number of carboxylic acid groups (broad SMARTS) is 1. The van der Waals surface area contributed by atoms with Gasteiger partial charge in [0.25, 0.3) is 5.91 Å². The topological polar surface area (TPSA) is 188 Å². The fraction of sp³-hybridized carbons (Fsp3) is 0.484. The molecule has 0 aliphatic carbocycles. The molecule has 4 atom stereocenters. The van der Waals surface area contributed by atoms with Crippen molar-refractivity contribution in [2.75, 3.05) is 13.1 Å². The van der Waals surface area contributed by atoms with Crippen molar-refractivity contribution in [1.29, 1.82) is 0 Å². The molecule has 5 amide bonds. The average molecular weight is 596 g/mol. The number of primary amides is 1. The maximum absolute atomic E-state index is 13.2. The van der Waals surface area contributed by atoms with Crippen LogP contribution in [0.25, 0.3) is 10.8 Å². The zero-order valence-corrected chi connectivity index (χ0v) is 25.0. The van der Waals surface area contributed by atoms with Gasteiger partial charge in [-0.3, -0.25) is 24.0 Å². The summed E-state index contributed by atoms with van der Waals surface area (Å²) in [6.45, 7) is 7.11. The second-order valence-electron chi connectivity index (χ2n) is 11.6. The molecular formula is C31H41N5O7. The summed E-state index contributed by atoms with van der Waals surface area (Å²) < 4.78 is 0. The number of fused-ring (bicyclic) bond motifs is 1. The third-order valence-corrected chi connectivity index (χ3v) is 7.78. The lowest BCUT2D eigenvalue weighted by molar-refractivity contribution is -0.153. The number of amides is 5. The van der Waals surface area contributed by atoms with Crippen LogP contribution in [-0.2, 0) is 30.4 Å². The fourth-order valence-electron chi connectivity index (χ4n) is 5.02. The Bertz CT molecular complexity index is 1370. The van der Waals surface area contributed by atoms with E-state index in [1.54, 1.807) is 13.8 Å². The van der Waals surface area contributed by atoms with Crippen LogP contribution in [0, 0.1) is 17.8 Å². The van der Waals surface area contributed by atoms with Gasteiger partial charge in [-0.1, -0.05) is 76.6 Å². The van der Waals surface area contributed by atoms with E-state index in [0.717, 1.165) is 16.3 Å². The Balaban J connectivity index is 1.60. The normalized spacial score (nSPS) is 16.0. The van der Waals surface area contributed by atoms with Crippen molar-refractivity contribution in [2.24, 2.45) is 23.5 Å². The molecule has 2 aromatic carbocycles. The quantitative estimate of drug-likeness (QED) is 0.205. The number of hydrogen-bond donors (Lipinski definition) is 5. The molecule has 1 aliphatic rings. The number of carbonyl (C=O) groups excluding carboxylic acids is 5. The number of hydrogen-bond acceptors (Lipinski definition) is 6. The molecule has 12 nitrogen and oxygen atoms in total. The monoisotopic (exact) mass is 595 g/mol. The molecule has 0 saturated carbocycles. The van der Waals surface area contributed by atoms with Crippen LogP contribution in [0.15, 0.2) is 42.5 Å². The summed E-state index contributed by atoms with van der Waals surface area (Å²) in [4.78, 5) is 76.7. The van der Waals surface area contributed by atoms with E-state index in [1.165, 1.54) is 4.90 Å². The molecule has 0 aromatic heterocycles. The summed E-state index contributed by atoms with van der Waals surface area (Å²) in [5.74, 6) is -4.57. The molecule has 0 spiro atoms. The van der Waals surface area contributed by atoms with Gasteiger partial charge < -0.3 is 31.7 Å². The fourth-order valence-corrected chi connectivity index (χ4v) is 5.02. The van der Waals surface area contributed by atoms with Crippen LogP contribution in [0.1, 0.15) is 46.1 Å². The third-order valence-electron chi connectivity index (χ3n) is 7.78. The van der Waals surface area contributed by atoms with Crippen molar-refractivity contribution in [3.8, 4) is 0 Å². The lowest BCUT2D eigenvalue weighted by atomic mass is 9.91. The molecule has 6 N–H and O–H groups in total. The highest BCUT2D eigenvalue weighted by atomic mass is 16.4. The maximum atomic E-state index is 13.2. The Kier molecular flexibility index (Phi) is 11.2. The average Bonchev–Trinajstić information content (AvgIpc) is 2.92. The van der Waals surface area contributed by atoms with Crippen molar-refractivity contribution in [2.45, 2.75) is 65.1 Å². The lowest BCUT2D eigenvalue weighted by Crippen LogP contribution is -2.62. The molecule has 3 rings (SSSR count). The van der Waals surface area contributed by atoms with Crippen molar-refractivity contribution in [3.63, 3.8) is 0 Å². The van der Waals surface area contributed by atoms with E-state index in [4.69, 9.17) is 10.8 Å². The number of Topliss-reactive ketones (excluding diaryl/α,β-unsaturated/α-hetero) is 1. The Morgan fingerprint density at radius 3 is 2.16 bits per heavy atom. The Morgan fingerprint density at radius 1 is 0.930 bits per heavy atom. The molecule has 1 saturated heterocycles. The zero-order chi connectivity index (χ0) is 31.8. The summed E-state index contributed by atoms with van der Waals surface area (Å²) in [6.07, 6.45) is -0.486. The standard InChI is InChI=1S/C31H41N5O7/c1-5-18(4)25(35-29(40)24(12-17(2)3)34-31(42)43)26(37)30(41)36-15-22(16-36)28(39)33-23(27(32)38)14-19-10-11-20-8-6-7-9-21(20)13-19/h6-11,13,17-18,22-25,34H,5,12,14-16H2,1-4H3,(H2,32,38)(H,33,39)(H,35,40)(H,42,43)/t18-,23?,24-,25?/m0/s1. The van der Waals surface area contributed by atoms with Crippen molar-refractivity contribution < 1.29 is 33.9 Å². The number of nitrogens with one attached hydrogen (secondary N) is 3. The SMILES string of the molecule is CC[C@H](C)C(NC(=O)[C@H](CC(C)C)NC(=O)O)C(=O)C(=O)N1CC(C(=O)NC(Cc2ccc3ccccc3c2)C(N)=O)C1. The minimum absolute atomic E-state index is 0.00659. The van der Waals surface area contributed by atoms with E-state index < -0.39 is 65.5 Å². The highest BCUT2D eigenvalue weighted by Gasteiger charge is 2.42. The second-order valence-corrected chi connectivity index (χ2v) is 11.6. The van der Waals surface area contributed by atoms with Crippen molar-refractivity contribution in [3.05, 3.63) is 48.0 Å². The number of likely N-dealkylation sites (tertiary alicyclic amines) is 1.